The predicted octanol–water partition coefficient (Wildman–Crippen LogP) is 0.473. The van der Waals surface area contributed by atoms with Gasteiger partial charge in [0.1, 0.15) is 6.33 Å². The molecule has 6 heteroatoms. The summed E-state index contributed by atoms with van der Waals surface area (Å²) in [6.07, 6.45) is 1.57. The van der Waals surface area contributed by atoms with Crippen molar-refractivity contribution >= 4 is 5.69 Å². The number of hydrogen-bond acceptors (Lipinski definition) is 5. The average molecular weight is 217 g/mol. The van der Waals surface area contributed by atoms with Crippen molar-refractivity contribution in [2.24, 2.45) is 0 Å². The summed E-state index contributed by atoms with van der Waals surface area (Å²) in [5, 5.41) is 14.4. The Labute approximate surface area is 92.2 Å². The maximum atomic E-state index is 5.10. The van der Waals surface area contributed by atoms with Crippen LogP contribution in [0.3, 0.4) is 0 Å². The van der Waals surface area contributed by atoms with Crippen LogP contribution in [0.1, 0.15) is 0 Å². The van der Waals surface area contributed by atoms with E-state index < -0.39 is 0 Å². The molecule has 1 aromatic carbocycles. The lowest BCUT2D eigenvalue weighted by Gasteiger charge is -2.27. The van der Waals surface area contributed by atoms with Crippen molar-refractivity contribution in [2.45, 2.75) is 6.04 Å². The summed E-state index contributed by atoms with van der Waals surface area (Å²) in [7, 11) is 0. The molecule has 1 N–H and O–H groups in total. The third kappa shape index (κ3) is 1.74. The molecule has 0 spiro atoms. The van der Waals surface area contributed by atoms with Gasteiger partial charge in [-0.2, -0.15) is 0 Å². The minimum Gasteiger partial charge on any atom is -0.378 e. The lowest BCUT2D eigenvalue weighted by Crippen LogP contribution is -2.40. The molecule has 16 heavy (non-hydrogen) atoms. The Kier molecular flexibility index (Phi) is 2.26. The fourth-order valence-electron chi connectivity index (χ4n) is 1.54. The van der Waals surface area contributed by atoms with E-state index in [0.29, 0.717) is 6.04 Å². The molecular formula is C10H11N5O. The molecule has 2 aromatic rings. The summed E-state index contributed by atoms with van der Waals surface area (Å²) >= 11 is 0. The summed E-state index contributed by atoms with van der Waals surface area (Å²) in [5.74, 6) is 0. The molecule has 1 aromatic heterocycles. The van der Waals surface area contributed by atoms with Gasteiger partial charge in [-0.15, -0.1) is 5.10 Å². The molecule has 0 amide bonds. The van der Waals surface area contributed by atoms with Crippen molar-refractivity contribution in [3.05, 3.63) is 30.6 Å². The number of aromatic nitrogens is 4. The first-order chi connectivity index (χ1) is 7.92. The van der Waals surface area contributed by atoms with Crippen molar-refractivity contribution in [1.82, 2.24) is 20.2 Å². The molecule has 1 fully saturated rings. The van der Waals surface area contributed by atoms with E-state index in [1.165, 1.54) is 0 Å². The van der Waals surface area contributed by atoms with Crippen LogP contribution < -0.4 is 5.32 Å². The highest BCUT2D eigenvalue weighted by Crippen LogP contribution is 2.15. The highest BCUT2D eigenvalue weighted by Gasteiger charge is 2.17. The number of benzene rings is 1. The number of anilines is 1. The zero-order valence-corrected chi connectivity index (χ0v) is 8.58. The molecule has 6 nitrogen and oxygen atoms in total. The normalized spacial score (nSPS) is 15.8. The second kappa shape index (κ2) is 3.90. The Morgan fingerprint density at radius 3 is 2.62 bits per heavy atom. The van der Waals surface area contributed by atoms with Crippen LogP contribution in [0.5, 0.6) is 0 Å². The van der Waals surface area contributed by atoms with E-state index in [2.05, 4.69) is 20.8 Å². The molecule has 2 heterocycles. The van der Waals surface area contributed by atoms with Gasteiger partial charge in [0.05, 0.1) is 24.9 Å². The topological polar surface area (TPSA) is 64.9 Å². The van der Waals surface area contributed by atoms with E-state index in [1.807, 2.05) is 24.3 Å². The second-order valence-electron chi connectivity index (χ2n) is 3.68. The highest BCUT2D eigenvalue weighted by atomic mass is 16.5. The van der Waals surface area contributed by atoms with Gasteiger partial charge in [-0.25, -0.2) is 4.68 Å². The van der Waals surface area contributed by atoms with E-state index >= 15 is 0 Å². The van der Waals surface area contributed by atoms with Crippen LogP contribution in [0.2, 0.25) is 0 Å². The van der Waals surface area contributed by atoms with Gasteiger partial charge in [0, 0.05) is 5.69 Å². The molecule has 0 saturated carbocycles. The Bertz CT molecular complexity index is 449. The molecule has 3 rings (SSSR count). The minimum atomic E-state index is 0.443. The SMILES string of the molecule is c1cc(-n2cnnn2)ccc1NC1COC1. The number of nitrogens with one attached hydrogen (secondary N) is 1. The van der Waals surface area contributed by atoms with Crippen molar-refractivity contribution in [1.29, 1.82) is 0 Å². The lowest BCUT2D eigenvalue weighted by molar-refractivity contribution is 0.0211. The Hall–Kier alpha value is -1.95. The van der Waals surface area contributed by atoms with E-state index in [-0.39, 0.29) is 0 Å². The van der Waals surface area contributed by atoms with Gasteiger partial charge in [-0.05, 0) is 34.7 Å². The van der Waals surface area contributed by atoms with Crippen LogP contribution in [0.15, 0.2) is 30.6 Å². The summed E-state index contributed by atoms with van der Waals surface area (Å²) in [4.78, 5) is 0. The molecule has 0 bridgehead atoms. The van der Waals surface area contributed by atoms with Gasteiger partial charge in [-0.1, -0.05) is 0 Å². The van der Waals surface area contributed by atoms with Gasteiger partial charge in [-0.3, -0.25) is 0 Å². The zero-order valence-electron chi connectivity index (χ0n) is 8.58. The van der Waals surface area contributed by atoms with Crippen molar-refractivity contribution < 1.29 is 4.74 Å². The van der Waals surface area contributed by atoms with E-state index in [0.717, 1.165) is 24.6 Å². The fraction of sp³-hybridized carbons (Fsp3) is 0.300. The highest BCUT2D eigenvalue weighted by molar-refractivity contribution is 5.49. The Balaban J connectivity index is 1.74. The molecule has 82 valence electrons. The predicted molar refractivity (Wildman–Crippen MR) is 57.4 cm³/mol. The molecule has 0 radical (unpaired) electrons. The van der Waals surface area contributed by atoms with Crippen LogP contribution in [-0.4, -0.2) is 39.5 Å². The molecule has 1 saturated heterocycles. The summed E-state index contributed by atoms with van der Waals surface area (Å²) in [6, 6.07) is 8.40. The van der Waals surface area contributed by atoms with Crippen LogP contribution in [0.25, 0.3) is 5.69 Å². The van der Waals surface area contributed by atoms with E-state index in [9.17, 15) is 0 Å². The van der Waals surface area contributed by atoms with Gasteiger partial charge in [0.15, 0.2) is 0 Å². The smallest absolute Gasteiger partial charge is 0.143 e. The quantitative estimate of drug-likeness (QED) is 0.809. The molecule has 0 atom stereocenters. The Morgan fingerprint density at radius 2 is 2.06 bits per heavy atom. The fourth-order valence-corrected chi connectivity index (χ4v) is 1.54. The zero-order chi connectivity index (χ0) is 10.8. The molecule has 0 aliphatic carbocycles. The first-order valence-corrected chi connectivity index (χ1v) is 5.09. The molecule has 0 unspecified atom stereocenters. The van der Waals surface area contributed by atoms with Crippen LogP contribution in [0.4, 0.5) is 5.69 Å². The number of hydrogen-bond donors (Lipinski definition) is 1. The molecular weight excluding hydrogens is 206 g/mol. The second-order valence-corrected chi connectivity index (χ2v) is 3.68. The molecule has 1 aliphatic heterocycles. The first kappa shape index (κ1) is 9.29. The first-order valence-electron chi connectivity index (χ1n) is 5.09. The van der Waals surface area contributed by atoms with Crippen molar-refractivity contribution in [3.8, 4) is 5.69 Å². The third-order valence-corrected chi connectivity index (χ3v) is 2.49. The van der Waals surface area contributed by atoms with Crippen LogP contribution in [-0.2, 0) is 4.74 Å². The maximum absolute atomic E-state index is 5.10. The lowest BCUT2D eigenvalue weighted by atomic mass is 10.2. The van der Waals surface area contributed by atoms with Crippen molar-refractivity contribution in [3.63, 3.8) is 0 Å². The number of tetrazole rings is 1. The van der Waals surface area contributed by atoms with Crippen LogP contribution >= 0.6 is 0 Å². The third-order valence-electron chi connectivity index (χ3n) is 2.49. The van der Waals surface area contributed by atoms with E-state index in [1.54, 1.807) is 11.0 Å². The largest absolute Gasteiger partial charge is 0.378 e. The number of rotatable bonds is 3. The summed E-state index contributed by atoms with van der Waals surface area (Å²) in [6.45, 7) is 1.57. The number of ether oxygens (including phenoxy) is 1. The van der Waals surface area contributed by atoms with E-state index in [4.69, 9.17) is 4.74 Å². The maximum Gasteiger partial charge on any atom is 0.143 e. The van der Waals surface area contributed by atoms with Gasteiger partial charge >= 0.3 is 0 Å². The van der Waals surface area contributed by atoms with Crippen LogP contribution in [0, 0.1) is 0 Å². The van der Waals surface area contributed by atoms with Gasteiger partial charge < -0.3 is 10.1 Å². The Morgan fingerprint density at radius 1 is 1.25 bits per heavy atom. The molecule has 1 aliphatic rings. The minimum absolute atomic E-state index is 0.443. The number of nitrogens with zero attached hydrogens (tertiary/aromatic N) is 4. The standard InChI is InChI=1S/C10H11N5O/c1-3-10(15-7-11-13-14-15)4-2-8(1)12-9-5-16-6-9/h1-4,7,9,12H,5-6H2. The summed E-state index contributed by atoms with van der Waals surface area (Å²) in [5.41, 5.74) is 2.03. The van der Waals surface area contributed by atoms with Gasteiger partial charge in [0.2, 0.25) is 0 Å². The van der Waals surface area contributed by atoms with Crippen molar-refractivity contribution in [2.75, 3.05) is 18.5 Å². The average Bonchev–Trinajstić information content (AvgIpc) is 2.78. The monoisotopic (exact) mass is 217 g/mol. The summed E-state index contributed by atoms with van der Waals surface area (Å²) < 4.78 is 6.72. The van der Waals surface area contributed by atoms with Gasteiger partial charge in [0.25, 0.3) is 0 Å².